The van der Waals surface area contributed by atoms with E-state index in [0.29, 0.717) is 0 Å². The Morgan fingerprint density at radius 1 is 0.200 bits per heavy atom. The third kappa shape index (κ3) is 6.98. The van der Waals surface area contributed by atoms with E-state index in [1.165, 1.54) is 54.8 Å². The van der Waals surface area contributed by atoms with Crippen LogP contribution in [0.4, 0.5) is 68.2 Å². The number of para-hydroxylation sites is 8. The van der Waals surface area contributed by atoms with Gasteiger partial charge in [-0.1, -0.05) is 121 Å². The zero-order valence-electron chi connectivity index (χ0n) is 44.9. The first-order valence-electron chi connectivity index (χ1n) is 27.7. The van der Waals surface area contributed by atoms with Crippen LogP contribution >= 0.6 is 0 Å². The summed E-state index contributed by atoms with van der Waals surface area (Å²) in [6.07, 6.45) is 0. The fourth-order valence-corrected chi connectivity index (χ4v) is 13.4. The van der Waals surface area contributed by atoms with Crippen molar-refractivity contribution >= 4 is 123 Å². The fraction of sp³-hybridized carbons (Fsp3) is 0.0541. The molecule has 2 aromatic heterocycles. The molecule has 0 saturated carbocycles. The number of rotatable bonds is 6. The summed E-state index contributed by atoms with van der Waals surface area (Å²) < 4.78 is 4.86. The van der Waals surface area contributed by atoms with Crippen molar-refractivity contribution in [1.82, 2.24) is 9.13 Å². The summed E-state index contributed by atoms with van der Waals surface area (Å²) >= 11 is 0. The standard InChI is InChI=1S/C74H54N6/c1-47-35-48(2)38-57(37-47)79-67-29-17-15-27-65(67)77(73-45-69-61(43-71(73)79)59-23-11-13-25-63(59)75(69)53-19-7-5-8-20-53)55-33-31-52-42-56(34-32-51(52)41-55)78-66-28-16-18-30-68(66)80(58-39-49(3)36-50(4)40-58)72-44-62-60-24-12-14-26-64(60)76(70(62)46-74(72)78)54-21-9-6-10-22-54/h5-46H,1-4H3. The Kier molecular flexibility index (Phi) is 10.1. The van der Waals surface area contributed by atoms with Gasteiger partial charge in [0.15, 0.2) is 0 Å². The number of hydrogen-bond donors (Lipinski definition) is 0. The van der Waals surface area contributed by atoms with Gasteiger partial charge in [0.2, 0.25) is 0 Å². The van der Waals surface area contributed by atoms with Gasteiger partial charge in [-0.25, -0.2) is 0 Å². The van der Waals surface area contributed by atoms with Gasteiger partial charge in [0.05, 0.1) is 67.6 Å². The summed E-state index contributed by atoms with van der Waals surface area (Å²) in [6.45, 7) is 8.80. The third-order valence-electron chi connectivity index (χ3n) is 16.5. The van der Waals surface area contributed by atoms with E-state index < -0.39 is 0 Å². The lowest BCUT2D eigenvalue weighted by Crippen LogP contribution is -2.24. The van der Waals surface area contributed by atoms with Crippen LogP contribution in [0.25, 0.3) is 65.8 Å². The van der Waals surface area contributed by atoms with Crippen molar-refractivity contribution < 1.29 is 0 Å². The average molecular weight is 1030 g/mol. The molecular formula is C74H54N6. The summed E-state index contributed by atoms with van der Waals surface area (Å²) in [4.78, 5) is 9.93. The molecule has 0 spiro atoms. The molecule has 0 atom stereocenters. The van der Waals surface area contributed by atoms with E-state index in [-0.39, 0.29) is 0 Å². The topological polar surface area (TPSA) is 22.8 Å². The Morgan fingerprint density at radius 3 is 0.912 bits per heavy atom. The van der Waals surface area contributed by atoms with Crippen LogP contribution in [0.2, 0.25) is 0 Å². The maximum absolute atomic E-state index is 2.49. The molecule has 16 rings (SSSR count). The molecule has 0 saturated heterocycles. The van der Waals surface area contributed by atoms with Crippen molar-refractivity contribution in [3.05, 3.63) is 277 Å². The predicted molar refractivity (Wildman–Crippen MR) is 337 cm³/mol. The van der Waals surface area contributed by atoms with E-state index in [2.05, 4.69) is 311 Å². The molecule has 80 heavy (non-hydrogen) atoms. The van der Waals surface area contributed by atoms with Crippen LogP contribution < -0.4 is 19.6 Å². The Balaban J connectivity index is 0.900. The lowest BCUT2D eigenvalue weighted by atomic mass is 9.99. The highest BCUT2D eigenvalue weighted by Crippen LogP contribution is 2.59. The zero-order chi connectivity index (χ0) is 53.3. The molecule has 380 valence electrons. The Labute approximate surface area is 465 Å². The maximum Gasteiger partial charge on any atom is 0.0724 e. The van der Waals surface area contributed by atoms with E-state index in [9.17, 15) is 0 Å². The number of nitrogens with zero attached hydrogens (tertiary/aromatic N) is 6. The highest BCUT2D eigenvalue weighted by Gasteiger charge is 2.35. The molecule has 0 aliphatic carbocycles. The molecule has 0 unspecified atom stereocenters. The van der Waals surface area contributed by atoms with Crippen LogP contribution in [-0.4, -0.2) is 9.13 Å². The smallest absolute Gasteiger partial charge is 0.0724 e. The second-order valence-electron chi connectivity index (χ2n) is 21.8. The fourth-order valence-electron chi connectivity index (χ4n) is 13.4. The van der Waals surface area contributed by atoms with E-state index in [1.54, 1.807) is 0 Å². The van der Waals surface area contributed by atoms with Crippen LogP contribution in [0.1, 0.15) is 22.3 Å². The van der Waals surface area contributed by atoms with Gasteiger partial charge >= 0.3 is 0 Å². The molecule has 4 heterocycles. The molecule has 0 fully saturated rings. The van der Waals surface area contributed by atoms with Crippen LogP contribution in [0.3, 0.4) is 0 Å². The van der Waals surface area contributed by atoms with Crippen molar-refractivity contribution in [2.75, 3.05) is 19.6 Å². The Bertz CT molecular complexity index is 4510. The molecule has 14 aromatic rings. The van der Waals surface area contributed by atoms with Gasteiger partial charge < -0.3 is 28.7 Å². The predicted octanol–water partition coefficient (Wildman–Crippen LogP) is 20.8. The molecule has 0 bridgehead atoms. The third-order valence-corrected chi connectivity index (χ3v) is 16.5. The molecule has 2 aliphatic heterocycles. The van der Waals surface area contributed by atoms with E-state index in [1.807, 2.05) is 0 Å². The van der Waals surface area contributed by atoms with Crippen molar-refractivity contribution in [3.8, 4) is 11.4 Å². The van der Waals surface area contributed by atoms with Gasteiger partial charge in [0, 0.05) is 55.7 Å². The van der Waals surface area contributed by atoms with Gasteiger partial charge in [-0.15, -0.1) is 0 Å². The first-order valence-corrected chi connectivity index (χ1v) is 27.7. The molecule has 12 aromatic carbocycles. The van der Waals surface area contributed by atoms with Crippen LogP contribution in [0, 0.1) is 27.7 Å². The first-order chi connectivity index (χ1) is 39.3. The highest BCUT2D eigenvalue weighted by atomic mass is 15.3. The molecule has 0 radical (unpaired) electrons. The van der Waals surface area contributed by atoms with Crippen molar-refractivity contribution in [2.45, 2.75) is 27.7 Å². The van der Waals surface area contributed by atoms with Crippen LogP contribution in [-0.2, 0) is 0 Å². The number of aromatic nitrogens is 2. The van der Waals surface area contributed by atoms with Gasteiger partial charge in [-0.05, 0) is 194 Å². The number of fused-ring (bicyclic) bond motifs is 11. The number of aryl methyl sites for hydroxylation is 4. The average Bonchev–Trinajstić information content (AvgIpc) is 4.14. The molecule has 6 heteroatoms. The van der Waals surface area contributed by atoms with E-state index in [4.69, 9.17) is 0 Å². The number of benzene rings is 12. The SMILES string of the molecule is Cc1cc(C)cc(N2c3ccccc3N(c3ccc4cc(N5c6ccccc6N(c6cc(C)cc(C)c6)c6cc7c8ccccc8n(-c8ccccc8)c7cc65)ccc4c3)c3cc4c(cc32)c2ccccc2n4-c2ccccc2)c1. The van der Waals surface area contributed by atoms with Crippen molar-refractivity contribution in [3.63, 3.8) is 0 Å². The monoisotopic (exact) mass is 1030 g/mol. The lowest BCUT2D eigenvalue weighted by Gasteiger charge is -2.41. The largest absolute Gasteiger partial charge is 0.309 e. The number of hydrogen-bond acceptors (Lipinski definition) is 4. The second kappa shape index (κ2) is 17.6. The summed E-state index contributed by atoms with van der Waals surface area (Å²) in [5.74, 6) is 0. The zero-order valence-corrected chi connectivity index (χ0v) is 44.9. The Morgan fingerprint density at radius 2 is 0.525 bits per heavy atom. The van der Waals surface area contributed by atoms with Crippen molar-refractivity contribution in [2.24, 2.45) is 0 Å². The minimum absolute atomic E-state index is 1.09. The van der Waals surface area contributed by atoms with Gasteiger partial charge in [0.25, 0.3) is 0 Å². The normalized spacial score (nSPS) is 12.9. The summed E-state index contributed by atoms with van der Waals surface area (Å²) in [7, 11) is 0. The molecule has 2 aliphatic rings. The minimum atomic E-state index is 1.09. The van der Waals surface area contributed by atoms with E-state index >= 15 is 0 Å². The van der Waals surface area contributed by atoms with Crippen LogP contribution in [0.5, 0.6) is 0 Å². The molecule has 6 nitrogen and oxygen atoms in total. The summed E-state index contributed by atoms with van der Waals surface area (Å²) in [6, 6.07) is 94.6. The number of anilines is 12. The highest BCUT2D eigenvalue weighted by molar-refractivity contribution is 6.17. The van der Waals surface area contributed by atoms with E-state index in [0.717, 1.165) is 101 Å². The maximum atomic E-state index is 2.49. The summed E-state index contributed by atoms with van der Waals surface area (Å²) in [5.41, 5.74) is 25.3. The van der Waals surface area contributed by atoms with Gasteiger partial charge in [-0.2, -0.15) is 0 Å². The van der Waals surface area contributed by atoms with Crippen molar-refractivity contribution in [1.29, 1.82) is 0 Å². The molecular weight excluding hydrogens is 973 g/mol. The molecule has 0 amide bonds. The molecule has 0 N–H and O–H groups in total. The minimum Gasteiger partial charge on any atom is -0.309 e. The Hall–Kier alpha value is -10.3. The van der Waals surface area contributed by atoms with Crippen LogP contribution in [0.15, 0.2) is 255 Å². The van der Waals surface area contributed by atoms with Gasteiger partial charge in [0.1, 0.15) is 0 Å². The lowest BCUT2D eigenvalue weighted by molar-refractivity contribution is 1.15. The van der Waals surface area contributed by atoms with Gasteiger partial charge in [-0.3, -0.25) is 0 Å². The first kappa shape index (κ1) is 45.9. The second-order valence-corrected chi connectivity index (χ2v) is 21.8. The quantitative estimate of drug-likeness (QED) is 0.166. The summed E-state index contributed by atoms with van der Waals surface area (Å²) in [5, 5.41) is 7.18.